The van der Waals surface area contributed by atoms with Crippen molar-refractivity contribution < 1.29 is 0 Å². The maximum absolute atomic E-state index is 4.35. The second kappa shape index (κ2) is 3.92. The Morgan fingerprint density at radius 3 is 3.23 bits per heavy atom. The van der Waals surface area contributed by atoms with Crippen molar-refractivity contribution in [3.8, 4) is 0 Å². The van der Waals surface area contributed by atoms with Gasteiger partial charge in [0.25, 0.3) is 0 Å². The summed E-state index contributed by atoms with van der Waals surface area (Å²) in [6, 6.07) is 0. The standard InChI is InChI=1S/C10H17N3/c1-13-6-5-12-10(13)7-9-3-2-4-11-8-9/h5-6,9,11H,2-4,7-8H2,1H3/t9-/m1/s1. The number of nitrogens with zero attached hydrogens (tertiary/aromatic N) is 2. The molecule has 72 valence electrons. The van der Waals surface area contributed by atoms with Crippen LogP contribution in [0.5, 0.6) is 0 Å². The fourth-order valence-electron chi connectivity index (χ4n) is 1.95. The molecule has 1 aromatic rings. The topological polar surface area (TPSA) is 29.9 Å². The van der Waals surface area contributed by atoms with Crippen molar-refractivity contribution in [1.29, 1.82) is 0 Å². The first-order valence-corrected chi connectivity index (χ1v) is 5.03. The molecule has 1 saturated heterocycles. The van der Waals surface area contributed by atoms with E-state index in [0.29, 0.717) is 0 Å². The predicted octanol–water partition coefficient (Wildman–Crippen LogP) is 0.962. The van der Waals surface area contributed by atoms with Crippen molar-refractivity contribution in [2.45, 2.75) is 19.3 Å². The van der Waals surface area contributed by atoms with Crippen LogP contribution in [-0.2, 0) is 13.5 Å². The van der Waals surface area contributed by atoms with Gasteiger partial charge >= 0.3 is 0 Å². The van der Waals surface area contributed by atoms with Gasteiger partial charge in [-0.15, -0.1) is 0 Å². The SMILES string of the molecule is Cn1ccnc1C[C@H]1CCCNC1. The van der Waals surface area contributed by atoms with Gasteiger partial charge in [0.1, 0.15) is 5.82 Å². The summed E-state index contributed by atoms with van der Waals surface area (Å²) in [5, 5.41) is 3.43. The maximum atomic E-state index is 4.35. The molecule has 1 aliphatic heterocycles. The van der Waals surface area contributed by atoms with Crippen LogP contribution in [0.2, 0.25) is 0 Å². The molecular formula is C10H17N3. The van der Waals surface area contributed by atoms with Crippen LogP contribution >= 0.6 is 0 Å². The average Bonchev–Trinajstić information content (AvgIpc) is 2.54. The third-order valence-electron chi connectivity index (χ3n) is 2.79. The summed E-state index contributed by atoms with van der Waals surface area (Å²) in [5.41, 5.74) is 0. The Bertz CT molecular complexity index is 261. The van der Waals surface area contributed by atoms with Gasteiger partial charge in [-0.2, -0.15) is 0 Å². The Morgan fingerprint density at radius 1 is 1.69 bits per heavy atom. The highest BCUT2D eigenvalue weighted by molar-refractivity contribution is 4.93. The maximum Gasteiger partial charge on any atom is 0.108 e. The monoisotopic (exact) mass is 179 g/mol. The zero-order valence-corrected chi connectivity index (χ0v) is 8.16. The third kappa shape index (κ3) is 2.10. The lowest BCUT2D eigenvalue weighted by atomic mass is 9.96. The molecule has 1 N–H and O–H groups in total. The summed E-state index contributed by atoms with van der Waals surface area (Å²) in [6.45, 7) is 2.35. The summed E-state index contributed by atoms with van der Waals surface area (Å²) in [6.07, 6.45) is 7.68. The van der Waals surface area contributed by atoms with E-state index in [0.717, 1.165) is 18.9 Å². The molecule has 1 aliphatic rings. The summed E-state index contributed by atoms with van der Waals surface area (Å²) in [5.74, 6) is 2.00. The highest BCUT2D eigenvalue weighted by atomic mass is 15.0. The van der Waals surface area contributed by atoms with E-state index in [4.69, 9.17) is 0 Å². The fourth-order valence-corrected chi connectivity index (χ4v) is 1.95. The number of aryl methyl sites for hydroxylation is 1. The Morgan fingerprint density at radius 2 is 2.62 bits per heavy atom. The van der Waals surface area contributed by atoms with Gasteiger partial charge in [0.2, 0.25) is 0 Å². The predicted molar refractivity (Wildman–Crippen MR) is 52.5 cm³/mol. The fraction of sp³-hybridized carbons (Fsp3) is 0.700. The lowest BCUT2D eigenvalue weighted by molar-refractivity contribution is 0.368. The van der Waals surface area contributed by atoms with Crippen LogP contribution in [0, 0.1) is 5.92 Å². The van der Waals surface area contributed by atoms with Crippen LogP contribution in [0.4, 0.5) is 0 Å². The smallest absolute Gasteiger partial charge is 0.108 e. The average molecular weight is 179 g/mol. The molecule has 0 aromatic carbocycles. The van der Waals surface area contributed by atoms with Crippen molar-refractivity contribution in [3.05, 3.63) is 18.2 Å². The first kappa shape index (κ1) is 8.75. The number of imidazole rings is 1. The molecule has 0 aliphatic carbocycles. The molecule has 13 heavy (non-hydrogen) atoms. The van der Waals surface area contributed by atoms with Crippen molar-refractivity contribution in [2.75, 3.05) is 13.1 Å². The van der Waals surface area contributed by atoms with Crippen LogP contribution < -0.4 is 5.32 Å². The van der Waals surface area contributed by atoms with Crippen molar-refractivity contribution >= 4 is 0 Å². The molecule has 1 aromatic heterocycles. The number of aromatic nitrogens is 2. The minimum absolute atomic E-state index is 0.787. The Kier molecular flexibility index (Phi) is 2.64. The molecular weight excluding hydrogens is 162 g/mol. The minimum atomic E-state index is 0.787. The molecule has 1 atom stereocenters. The van der Waals surface area contributed by atoms with E-state index in [1.165, 1.54) is 25.2 Å². The zero-order valence-electron chi connectivity index (χ0n) is 8.16. The minimum Gasteiger partial charge on any atom is -0.338 e. The van der Waals surface area contributed by atoms with E-state index >= 15 is 0 Å². The van der Waals surface area contributed by atoms with Crippen LogP contribution in [0.1, 0.15) is 18.7 Å². The number of piperidine rings is 1. The van der Waals surface area contributed by atoms with Crippen molar-refractivity contribution in [1.82, 2.24) is 14.9 Å². The lowest BCUT2D eigenvalue weighted by Crippen LogP contribution is -2.31. The number of hydrogen-bond acceptors (Lipinski definition) is 2. The van der Waals surface area contributed by atoms with Gasteiger partial charge in [-0.05, 0) is 31.8 Å². The zero-order chi connectivity index (χ0) is 9.10. The van der Waals surface area contributed by atoms with Crippen LogP contribution in [0.25, 0.3) is 0 Å². The molecule has 0 saturated carbocycles. The Hall–Kier alpha value is -0.830. The quantitative estimate of drug-likeness (QED) is 0.733. The van der Waals surface area contributed by atoms with Gasteiger partial charge in [-0.1, -0.05) is 0 Å². The van der Waals surface area contributed by atoms with Crippen LogP contribution in [0.3, 0.4) is 0 Å². The second-order valence-corrected chi connectivity index (χ2v) is 3.87. The van der Waals surface area contributed by atoms with Crippen LogP contribution in [0.15, 0.2) is 12.4 Å². The molecule has 1 fully saturated rings. The van der Waals surface area contributed by atoms with Gasteiger partial charge in [-0.25, -0.2) is 4.98 Å². The van der Waals surface area contributed by atoms with Crippen molar-refractivity contribution in [3.63, 3.8) is 0 Å². The third-order valence-corrected chi connectivity index (χ3v) is 2.79. The van der Waals surface area contributed by atoms with E-state index in [1.807, 2.05) is 12.4 Å². The molecule has 3 nitrogen and oxygen atoms in total. The van der Waals surface area contributed by atoms with E-state index in [2.05, 4.69) is 21.9 Å². The first-order valence-electron chi connectivity index (χ1n) is 5.03. The van der Waals surface area contributed by atoms with E-state index in [1.54, 1.807) is 0 Å². The molecule has 0 radical (unpaired) electrons. The molecule has 0 bridgehead atoms. The van der Waals surface area contributed by atoms with Crippen LogP contribution in [-0.4, -0.2) is 22.6 Å². The Labute approximate surface area is 79.2 Å². The molecule has 3 heteroatoms. The number of hydrogen-bond donors (Lipinski definition) is 1. The highest BCUT2D eigenvalue weighted by Gasteiger charge is 2.14. The van der Waals surface area contributed by atoms with Gasteiger partial charge in [0, 0.05) is 25.9 Å². The van der Waals surface area contributed by atoms with Gasteiger partial charge in [-0.3, -0.25) is 0 Å². The van der Waals surface area contributed by atoms with Gasteiger partial charge in [0.05, 0.1) is 0 Å². The summed E-state index contributed by atoms with van der Waals surface area (Å²) in [4.78, 5) is 4.35. The normalized spacial score (nSPS) is 23.3. The Balaban J connectivity index is 1.93. The van der Waals surface area contributed by atoms with E-state index < -0.39 is 0 Å². The second-order valence-electron chi connectivity index (χ2n) is 3.87. The van der Waals surface area contributed by atoms with Crippen molar-refractivity contribution in [2.24, 2.45) is 13.0 Å². The lowest BCUT2D eigenvalue weighted by Gasteiger charge is -2.22. The largest absolute Gasteiger partial charge is 0.338 e. The number of rotatable bonds is 2. The van der Waals surface area contributed by atoms with E-state index in [9.17, 15) is 0 Å². The summed E-state index contributed by atoms with van der Waals surface area (Å²) < 4.78 is 2.12. The summed E-state index contributed by atoms with van der Waals surface area (Å²) in [7, 11) is 2.07. The molecule has 0 spiro atoms. The van der Waals surface area contributed by atoms with Gasteiger partial charge in [0.15, 0.2) is 0 Å². The molecule has 0 amide bonds. The number of nitrogens with one attached hydrogen (secondary N) is 1. The van der Waals surface area contributed by atoms with Gasteiger partial charge < -0.3 is 9.88 Å². The first-order chi connectivity index (χ1) is 6.36. The molecule has 2 rings (SSSR count). The van der Waals surface area contributed by atoms with E-state index in [-0.39, 0.29) is 0 Å². The highest BCUT2D eigenvalue weighted by Crippen LogP contribution is 2.14. The summed E-state index contributed by atoms with van der Waals surface area (Å²) >= 11 is 0. The molecule has 2 heterocycles. The molecule has 0 unspecified atom stereocenters.